The van der Waals surface area contributed by atoms with Gasteiger partial charge < -0.3 is 10.2 Å². The standard InChI is InChI=1S/C27H35N3O3/c1-19-7-6-10-24(20(19)2)28-27(31)23-11-12-25(26(18-23)30(32)33)29-15-13-22(14-16-29)17-21-8-4-3-5-9-21/h3-5,8-9,11-12,18-20,22,24H,6-7,10,13-17H2,1-2H3,(H,28,31)/t19-,20+,24-/m1/s1. The van der Waals surface area contributed by atoms with Crippen LogP contribution in [0.2, 0.25) is 0 Å². The summed E-state index contributed by atoms with van der Waals surface area (Å²) in [6.45, 7) is 6.00. The van der Waals surface area contributed by atoms with Gasteiger partial charge in [0, 0.05) is 30.8 Å². The summed E-state index contributed by atoms with van der Waals surface area (Å²) >= 11 is 0. The summed E-state index contributed by atoms with van der Waals surface area (Å²) in [5.41, 5.74) is 2.36. The Morgan fingerprint density at radius 2 is 1.79 bits per heavy atom. The van der Waals surface area contributed by atoms with E-state index in [2.05, 4.69) is 48.3 Å². The van der Waals surface area contributed by atoms with Gasteiger partial charge in [0.1, 0.15) is 5.69 Å². The van der Waals surface area contributed by atoms with Gasteiger partial charge >= 0.3 is 0 Å². The van der Waals surface area contributed by atoms with E-state index in [9.17, 15) is 14.9 Å². The summed E-state index contributed by atoms with van der Waals surface area (Å²) < 4.78 is 0. The fourth-order valence-corrected chi connectivity index (χ4v) is 5.44. The Labute approximate surface area is 196 Å². The van der Waals surface area contributed by atoms with Crippen molar-refractivity contribution in [1.29, 1.82) is 0 Å². The predicted molar refractivity (Wildman–Crippen MR) is 132 cm³/mol. The van der Waals surface area contributed by atoms with Gasteiger partial charge in [-0.2, -0.15) is 0 Å². The summed E-state index contributed by atoms with van der Waals surface area (Å²) in [5, 5.41) is 15.0. The molecule has 4 rings (SSSR count). The smallest absolute Gasteiger partial charge is 0.293 e. The van der Waals surface area contributed by atoms with Crippen LogP contribution < -0.4 is 10.2 Å². The maximum absolute atomic E-state index is 12.9. The third-order valence-corrected chi connectivity index (χ3v) is 7.78. The van der Waals surface area contributed by atoms with Gasteiger partial charge in [0.05, 0.1) is 4.92 Å². The first kappa shape index (κ1) is 23.3. The highest BCUT2D eigenvalue weighted by Crippen LogP contribution is 2.34. The largest absolute Gasteiger partial charge is 0.366 e. The first-order chi connectivity index (χ1) is 15.9. The van der Waals surface area contributed by atoms with Gasteiger partial charge in [-0.3, -0.25) is 14.9 Å². The Morgan fingerprint density at radius 1 is 1.06 bits per heavy atom. The number of nitro benzene ring substituents is 1. The number of anilines is 1. The summed E-state index contributed by atoms with van der Waals surface area (Å²) in [5.74, 6) is 1.37. The maximum atomic E-state index is 12.9. The number of hydrogen-bond acceptors (Lipinski definition) is 4. The van der Waals surface area contributed by atoms with Crippen LogP contribution in [0.5, 0.6) is 0 Å². The lowest BCUT2D eigenvalue weighted by atomic mass is 9.78. The van der Waals surface area contributed by atoms with Gasteiger partial charge in [-0.15, -0.1) is 0 Å². The van der Waals surface area contributed by atoms with Gasteiger partial charge in [-0.25, -0.2) is 0 Å². The molecule has 33 heavy (non-hydrogen) atoms. The molecule has 1 saturated heterocycles. The lowest BCUT2D eigenvalue weighted by Gasteiger charge is -2.34. The number of nitrogens with zero attached hydrogens (tertiary/aromatic N) is 2. The van der Waals surface area contributed by atoms with Gasteiger partial charge in [-0.05, 0) is 61.1 Å². The second kappa shape index (κ2) is 10.4. The molecule has 1 amide bonds. The highest BCUT2D eigenvalue weighted by atomic mass is 16.6. The molecule has 2 aromatic rings. The predicted octanol–water partition coefficient (Wildman–Crippen LogP) is 5.61. The molecule has 1 saturated carbocycles. The van der Waals surface area contributed by atoms with Crippen LogP contribution in [0.1, 0.15) is 61.9 Å². The number of nitrogens with one attached hydrogen (secondary N) is 1. The van der Waals surface area contributed by atoms with Gasteiger partial charge in [-0.1, -0.05) is 57.0 Å². The highest BCUT2D eigenvalue weighted by Gasteiger charge is 2.30. The second-order valence-electron chi connectivity index (χ2n) is 9.93. The van der Waals surface area contributed by atoms with Crippen LogP contribution in [0, 0.1) is 27.9 Å². The first-order valence-corrected chi connectivity index (χ1v) is 12.3. The summed E-state index contributed by atoms with van der Waals surface area (Å²) in [7, 11) is 0. The molecule has 6 heteroatoms. The second-order valence-corrected chi connectivity index (χ2v) is 9.93. The molecule has 2 aliphatic rings. The van der Waals surface area contributed by atoms with E-state index in [0.29, 0.717) is 29.0 Å². The van der Waals surface area contributed by atoms with Crippen molar-refractivity contribution in [3.8, 4) is 0 Å². The zero-order valence-corrected chi connectivity index (χ0v) is 19.7. The third kappa shape index (κ3) is 5.55. The topological polar surface area (TPSA) is 75.5 Å². The van der Waals surface area contributed by atoms with Crippen molar-refractivity contribution in [3.63, 3.8) is 0 Å². The minimum absolute atomic E-state index is 0.0224. The number of amides is 1. The van der Waals surface area contributed by atoms with Gasteiger partial charge in [0.25, 0.3) is 11.6 Å². The third-order valence-electron chi connectivity index (χ3n) is 7.78. The van der Waals surface area contributed by atoms with Gasteiger partial charge in [0.2, 0.25) is 0 Å². The Hall–Kier alpha value is -2.89. The quantitative estimate of drug-likeness (QED) is 0.459. The normalized spacial score (nSPS) is 23.8. The number of nitro groups is 1. The average Bonchev–Trinajstić information content (AvgIpc) is 2.83. The summed E-state index contributed by atoms with van der Waals surface area (Å²) in [4.78, 5) is 26.5. The minimum atomic E-state index is -0.354. The van der Waals surface area contributed by atoms with E-state index in [4.69, 9.17) is 0 Å². The lowest BCUT2D eigenvalue weighted by Crippen LogP contribution is -2.43. The van der Waals surface area contributed by atoms with Crippen molar-refractivity contribution in [3.05, 3.63) is 69.8 Å². The fourth-order valence-electron chi connectivity index (χ4n) is 5.44. The van der Waals surface area contributed by atoms with Crippen molar-refractivity contribution in [2.45, 2.75) is 58.4 Å². The van der Waals surface area contributed by atoms with Crippen LogP contribution in [0.15, 0.2) is 48.5 Å². The highest BCUT2D eigenvalue weighted by molar-refractivity contribution is 5.96. The number of carbonyl (C=O) groups excluding carboxylic acids is 1. The first-order valence-electron chi connectivity index (χ1n) is 12.3. The van der Waals surface area contributed by atoms with Crippen molar-refractivity contribution < 1.29 is 9.72 Å². The molecular formula is C27H35N3O3. The van der Waals surface area contributed by atoms with E-state index in [1.54, 1.807) is 12.1 Å². The van der Waals surface area contributed by atoms with E-state index in [1.807, 2.05) is 6.07 Å². The van der Waals surface area contributed by atoms with Crippen molar-refractivity contribution in [2.24, 2.45) is 17.8 Å². The van der Waals surface area contributed by atoms with Gasteiger partial charge in [0.15, 0.2) is 0 Å². The molecule has 2 aromatic carbocycles. The SMILES string of the molecule is C[C@H]1[C@H](C)CCC[C@H]1NC(=O)c1ccc(N2CCC(Cc3ccccc3)CC2)c([N+](=O)[O-])c1. The molecule has 0 aromatic heterocycles. The number of benzene rings is 2. The maximum Gasteiger partial charge on any atom is 0.293 e. The summed E-state index contributed by atoms with van der Waals surface area (Å²) in [6, 6.07) is 15.6. The fraction of sp³-hybridized carbons (Fsp3) is 0.519. The molecule has 6 nitrogen and oxygen atoms in total. The van der Waals surface area contributed by atoms with E-state index in [1.165, 1.54) is 18.1 Å². The minimum Gasteiger partial charge on any atom is -0.366 e. The molecule has 1 aliphatic heterocycles. The Bertz CT molecular complexity index is 970. The Kier molecular flexibility index (Phi) is 7.31. The molecule has 1 aliphatic carbocycles. The van der Waals surface area contributed by atoms with Crippen LogP contribution in [0.3, 0.4) is 0 Å². The molecule has 3 atom stereocenters. The average molecular weight is 450 g/mol. The van der Waals surface area contributed by atoms with Crippen LogP contribution >= 0.6 is 0 Å². The van der Waals surface area contributed by atoms with Crippen LogP contribution in [0.25, 0.3) is 0 Å². The number of carbonyl (C=O) groups is 1. The van der Waals surface area contributed by atoms with Crippen LogP contribution in [-0.4, -0.2) is 30.0 Å². The molecule has 0 radical (unpaired) electrons. The number of piperidine rings is 1. The molecule has 0 bridgehead atoms. The Morgan fingerprint density at radius 3 is 2.48 bits per heavy atom. The van der Waals surface area contributed by atoms with E-state index < -0.39 is 0 Å². The van der Waals surface area contributed by atoms with Crippen molar-refractivity contribution in [2.75, 3.05) is 18.0 Å². The summed E-state index contributed by atoms with van der Waals surface area (Å²) in [6.07, 6.45) is 6.33. The zero-order valence-electron chi connectivity index (χ0n) is 19.7. The van der Waals surface area contributed by atoms with Crippen LogP contribution in [0.4, 0.5) is 11.4 Å². The number of rotatable bonds is 6. The van der Waals surface area contributed by atoms with Crippen LogP contribution in [-0.2, 0) is 6.42 Å². The zero-order chi connectivity index (χ0) is 23.4. The molecule has 0 unspecified atom stereocenters. The molecule has 0 spiro atoms. The molecular weight excluding hydrogens is 414 g/mol. The molecule has 1 heterocycles. The molecule has 2 fully saturated rings. The lowest BCUT2D eigenvalue weighted by molar-refractivity contribution is -0.384. The van der Waals surface area contributed by atoms with E-state index in [0.717, 1.165) is 45.2 Å². The molecule has 1 N–H and O–H groups in total. The van der Waals surface area contributed by atoms with Crippen molar-refractivity contribution in [1.82, 2.24) is 5.32 Å². The Balaban J connectivity index is 1.42. The van der Waals surface area contributed by atoms with Crippen molar-refractivity contribution >= 4 is 17.3 Å². The number of hydrogen-bond donors (Lipinski definition) is 1. The molecule has 176 valence electrons. The van der Waals surface area contributed by atoms with E-state index >= 15 is 0 Å². The van der Waals surface area contributed by atoms with E-state index in [-0.39, 0.29) is 22.6 Å². The monoisotopic (exact) mass is 449 g/mol.